The summed E-state index contributed by atoms with van der Waals surface area (Å²) in [5.74, 6) is 0.882. The van der Waals surface area contributed by atoms with Gasteiger partial charge in [0.25, 0.3) is 0 Å². The fourth-order valence-corrected chi connectivity index (χ4v) is 2.35. The highest BCUT2D eigenvalue weighted by Gasteiger charge is 2.02. The van der Waals surface area contributed by atoms with Crippen molar-refractivity contribution < 1.29 is 4.74 Å². The maximum Gasteiger partial charge on any atom is 0.159 e. The Kier molecular flexibility index (Phi) is 2.33. The third-order valence-corrected chi connectivity index (χ3v) is 2.92. The number of aromatic amines is 1. The molecule has 2 nitrogen and oxygen atoms in total. The van der Waals surface area contributed by atoms with Crippen LogP contribution < -0.4 is 4.74 Å². The molecular weight excluding hydrogens is 202 g/mol. The predicted molar refractivity (Wildman–Crippen MR) is 58.2 cm³/mol. The van der Waals surface area contributed by atoms with Crippen molar-refractivity contribution in [1.29, 1.82) is 0 Å². The second-order valence-corrected chi connectivity index (χ2v) is 4.30. The molecule has 0 atom stereocenters. The van der Waals surface area contributed by atoms with Gasteiger partial charge < -0.3 is 9.72 Å². The van der Waals surface area contributed by atoms with Gasteiger partial charge in [0.1, 0.15) is 5.75 Å². The Hall–Kier alpha value is -0.870. The van der Waals surface area contributed by atoms with E-state index in [9.17, 15) is 0 Å². The normalized spacial score (nSPS) is 10.5. The molecule has 1 N–H and O–H groups in total. The zero-order valence-electron chi connectivity index (χ0n) is 7.16. The van der Waals surface area contributed by atoms with E-state index in [-0.39, 0.29) is 0 Å². The summed E-state index contributed by atoms with van der Waals surface area (Å²) >= 11 is 6.64. The van der Waals surface area contributed by atoms with Gasteiger partial charge in [-0.1, -0.05) is 6.07 Å². The van der Waals surface area contributed by atoms with Crippen LogP contribution in [0.3, 0.4) is 0 Å². The van der Waals surface area contributed by atoms with Gasteiger partial charge in [-0.15, -0.1) is 11.3 Å². The average Bonchev–Trinajstić information content (AvgIpc) is 2.47. The van der Waals surface area contributed by atoms with Crippen LogP contribution in [0.15, 0.2) is 18.2 Å². The molecule has 0 saturated heterocycles. The summed E-state index contributed by atoms with van der Waals surface area (Å²) in [6, 6.07) is 5.96. The molecule has 0 aliphatic carbocycles. The van der Waals surface area contributed by atoms with Crippen molar-refractivity contribution in [2.75, 3.05) is 6.61 Å². The summed E-state index contributed by atoms with van der Waals surface area (Å²) in [7, 11) is 0. The summed E-state index contributed by atoms with van der Waals surface area (Å²) in [4.78, 5) is 3.12. The largest absolute Gasteiger partial charge is 0.492 e. The maximum absolute atomic E-state index is 5.46. The number of para-hydroxylation sites is 1. The van der Waals surface area contributed by atoms with Crippen LogP contribution in [0.5, 0.6) is 5.75 Å². The van der Waals surface area contributed by atoms with Crippen molar-refractivity contribution in [1.82, 2.24) is 4.98 Å². The number of aromatic nitrogens is 1. The number of thiazole rings is 1. The SMILES string of the molecule is CCOc1cccc2sc(=S)[nH]c12. The molecule has 0 unspecified atom stereocenters. The molecule has 1 aromatic heterocycles. The highest BCUT2D eigenvalue weighted by molar-refractivity contribution is 7.73. The van der Waals surface area contributed by atoms with Gasteiger partial charge in [0.15, 0.2) is 3.95 Å². The first-order chi connectivity index (χ1) is 6.31. The van der Waals surface area contributed by atoms with Gasteiger partial charge in [0.05, 0.1) is 16.8 Å². The van der Waals surface area contributed by atoms with Gasteiger partial charge in [0.2, 0.25) is 0 Å². The van der Waals surface area contributed by atoms with E-state index in [1.165, 1.54) is 0 Å². The minimum atomic E-state index is 0.676. The Bertz CT molecular complexity index is 472. The van der Waals surface area contributed by atoms with Crippen LogP contribution >= 0.6 is 23.6 Å². The van der Waals surface area contributed by atoms with E-state index in [0.717, 1.165) is 19.9 Å². The van der Waals surface area contributed by atoms with E-state index in [2.05, 4.69) is 4.98 Å². The van der Waals surface area contributed by atoms with E-state index in [1.807, 2.05) is 25.1 Å². The minimum absolute atomic E-state index is 0.676. The van der Waals surface area contributed by atoms with Gasteiger partial charge in [-0.25, -0.2) is 0 Å². The molecule has 4 heteroatoms. The number of nitrogens with one attached hydrogen (secondary N) is 1. The van der Waals surface area contributed by atoms with Crippen molar-refractivity contribution >= 4 is 33.8 Å². The molecule has 0 saturated carbocycles. The monoisotopic (exact) mass is 211 g/mol. The molecule has 0 amide bonds. The molecule has 0 aliphatic heterocycles. The van der Waals surface area contributed by atoms with Crippen LogP contribution in [0.25, 0.3) is 10.2 Å². The highest BCUT2D eigenvalue weighted by atomic mass is 32.1. The lowest BCUT2D eigenvalue weighted by Gasteiger charge is -2.02. The highest BCUT2D eigenvalue weighted by Crippen LogP contribution is 2.27. The summed E-state index contributed by atoms with van der Waals surface area (Å²) in [5.41, 5.74) is 1.01. The van der Waals surface area contributed by atoms with Crippen LogP contribution in [0.4, 0.5) is 0 Å². The number of hydrogen-bond acceptors (Lipinski definition) is 3. The Balaban J connectivity index is 2.67. The Morgan fingerprint density at radius 1 is 1.54 bits per heavy atom. The van der Waals surface area contributed by atoms with E-state index >= 15 is 0 Å². The van der Waals surface area contributed by atoms with Gasteiger partial charge in [-0.3, -0.25) is 0 Å². The lowest BCUT2D eigenvalue weighted by molar-refractivity contribution is 0.343. The van der Waals surface area contributed by atoms with Gasteiger partial charge in [0, 0.05) is 0 Å². The van der Waals surface area contributed by atoms with Gasteiger partial charge in [-0.2, -0.15) is 0 Å². The third-order valence-electron chi connectivity index (χ3n) is 1.72. The fraction of sp³-hybridized carbons (Fsp3) is 0.222. The zero-order valence-corrected chi connectivity index (χ0v) is 8.80. The number of benzene rings is 1. The molecule has 0 aliphatic rings. The number of rotatable bonds is 2. The van der Waals surface area contributed by atoms with E-state index in [1.54, 1.807) is 11.3 Å². The van der Waals surface area contributed by atoms with Crippen molar-refractivity contribution in [3.63, 3.8) is 0 Å². The molecule has 2 aromatic rings. The van der Waals surface area contributed by atoms with Crippen molar-refractivity contribution in [2.45, 2.75) is 6.92 Å². The smallest absolute Gasteiger partial charge is 0.159 e. The minimum Gasteiger partial charge on any atom is -0.492 e. The predicted octanol–water partition coefficient (Wildman–Crippen LogP) is 3.36. The maximum atomic E-state index is 5.46. The molecule has 0 bridgehead atoms. The van der Waals surface area contributed by atoms with Gasteiger partial charge in [-0.05, 0) is 31.3 Å². The number of fused-ring (bicyclic) bond motifs is 1. The average molecular weight is 211 g/mol. The standard InChI is InChI=1S/C9H9NOS2/c1-2-11-6-4-3-5-7-8(6)10-9(12)13-7/h3-5H,2H2,1H3,(H,10,12). The van der Waals surface area contributed by atoms with Crippen molar-refractivity contribution in [3.8, 4) is 5.75 Å². The lowest BCUT2D eigenvalue weighted by atomic mass is 10.3. The zero-order chi connectivity index (χ0) is 9.26. The molecule has 2 rings (SSSR count). The molecule has 0 radical (unpaired) electrons. The molecule has 0 spiro atoms. The Morgan fingerprint density at radius 2 is 2.38 bits per heavy atom. The summed E-state index contributed by atoms with van der Waals surface area (Å²) in [5, 5.41) is 0. The third kappa shape index (κ3) is 1.59. The summed E-state index contributed by atoms with van der Waals surface area (Å²) in [6.07, 6.45) is 0. The number of hydrogen-bond donors (Lipinski definition) is 1. The van der Waals surface area contributed by atoms with Crippen LogP contribution in [0.2, 0.25) is 0 Å². The summed E-state index contributed by atoms with van der Waals surface area (Å²) in [6.45, 7) is 2.65. The molecule has 68 valence electrons. The Morgan fingerprint density at radius 3 is 3.15 bits per heavy atom. The Labute approximate surface area is 85.2 Å². The van der Waals surface area contributed by atoms with E-state index in [4.69, 9.17) is 17.0 Å². The first kappa shape index (κ1) is 8.72. The quantitative estimate of drug-likeness (QED) is 0.770. The lowest BCUT2D eigenvalue weighted by Crippen LogP contribution is -1.91. The van der Waals surface area contributed by atoms with Gasteiger partial charge >= 0.3 is 0 Å². The topological polar surface area (TPSA) is 25.0 Å². The van der Waals surface area contributed by atoms with Crippen molar-refractivity contribution in [2.24, 2.45) is 0 Å². The first-order valence-electron chi connectivity index (χ1n) is 4.06. The van der Waals surface area contributed by atoms with Crippen LogP contribution in [-0.4, -0.2) is 11.6 Å². The van der Waals surface area contributed by atoms with Crippen molar-refractivity contribution in [3.05, 3.63) is 22.2 Å². The number of H-pyrrole nitrogens is 1. The molecule has 1 aromatic carbocycles. The number of ether oxygens (including phenoxy) is 1. The van der Waals surface area contributed by atoms with Crippen LogP contribution in [0, 0.1) is 3.95 Å². The van der Waals surface area contributed by atoms with Crippen LogP contribution in [0.1, 0.15) is 6.92 Å². The van der Waals surface area contributed by atoms with E-state index < -0.39 is 0 Å². The van der Waals surface area contributed by atoms with Crippen LogP contribution in [-0.2, 0) is 0 Å². The first-order valence-corrected chi connectivity index (χ1v) is 5.28. The second-order valence-electron chi connectivity index (χ2n) is 2.58. The fourth-order valence-electron chi connectivity index (χ4n) is 1.22. The van der Waals surface area contributed by atoms with E-state index in [0.29, 0.717) is 6.61 Å². The summed E-state index contributed by atoms with van der Waals surface area (Å²) < 4.78 is 7.40. The molecule has 1 heterocycles. The molecule has 0 fully saturated rings. The second kappa shape index (κ2) is 3.47. The molecule has 13 heavy (non-hydrogen) atoms. The molecular formula is C9H9NOS2.